The first-order valence-electron chi connectivity index (χ1n) is 12.8. The number of ether oxygens (including phenoxy) is 1. The average Bonchev–Trinajstić information content (AvgIpc) is 3.17. The van der Waals surface area contributed by atoms with Crippen LogP contribution in [0, 0.1) is 63.6 Å². The van der Waals surface area contributed by atoms with Gasteiger partial charge in [0.2, 0.25) is 0 Å². The smallest absolute Gasteiger partial charge is 0.0700 e. The Morgan fingerprint density at radius 1 is 1.10 bits per heavy atom. The highest BCUT2D eigenvalue weighted by Crippen LogP contribution is 2.82. The number of fused-ring (bicyclic) bond motifs is 4. The predicted octanol–water partition coefficient (Wildman–Crippen LogP) is 6.07. The molecule has 1 spiro atoms. The summed E-state index contributed by atoms with van der Waals surface area (Å²) in [4.78, 5) is 0. The van der Waals surface area contributed by atoms with Crippen molar-refractivity contribution in [1.82, 2.24) is 0 Å². The lowest BCUT2D eigenvalue weighted by atomic mass is 9.45. The first-order valence-corrected chi connectivity index (χ1v) is 12.8. The quantitative estimate of drug-likeness (QED) is 0.570. The van der Waals surface area contributed by atoms with E-state index in [0.717, 1.165) is 23.7 Å². The Balaban J connectivity index is 1.38. The molecule has 0 amide bonds. The largest absolute Gasteiger partial charge is 0.389 e. The molecule has 0 bridgehead atoms. The van der Waals surface area contributed by atoms with Crippen molar-refractivity contribution >= 4 is 0 Å². The number of methoxy groups -OCH3 is 1. The molecule has 2 heteroatoms. The van der Waals surface area contributed by atoms with E-state index < -0.39 is 5.60 Å². The molecule has 0 radical (unpaired) electrons. The topological polar surface area (TPSA) is 29.5 Å². The molecular weight excluding hydrogens is 368 g/mol. The lowest BCUT2D eigenvalue weighted by molar-refractivity contribution is -0.160. The van der Waals surface area contributed by atoms with Gasteiger partial charge < -0.3 is 9.84 Å². The summed E-state index contributed by atoms with van der Waals surface area (Å²) in [6.07, 6.45) is 12.3. The van der Waals surface area contributed by atoms with E-state index in [0.29, 0.717) is 40.6 Å². The monoisotopic (exact) mass is 412 g/mol. The second kappa shape index (κ2) is 6.74. The van der Waals surface area contributed by atoms with Gasteiger partial charge in [0, 0.05) is 24.9 Å². The summed E-state index contributed by atoms with van der Waals surface area (Å²) in [6.45, 7) is 11.3. The SMILES string of the molecule is CO[C@@H]1C[C@H]2[C@@H]3CC[C@H]([C@H](C)C#CCC(C)(C)O)[C@@]3(C)CC[C@@H]2[C@@]2(C)CC[C@H]3C[C@]312. The van der Waals surface area contributed by atoms with Gasteiger partial charge in [0.05, 0.1) is 11.7 Å². The van der Waals surface area contributed by atoms with Crippen molar-refractivity contribution in [2.24, 2.45) is 51.8 Å². The molecule has 0 aliphatic heterocycles. The van der Waals surface area contributed by atoms with E-state index in [9.17, 15) is 5.11 Å². The third-order valence-electron chi connectivity index (χ3n) is 11.4. The Bertz CT molecular complexity index is 755. The van der Waals surface area contributed by atoms with E-state index in [-0.39, 0.29) is 0 Å². The van der Waals surface area contributed by atoms with Crippen LogP contribution in [-0.2, 0) is 4.74 Å². The first-order chi connectivity index (χ1) is 14.1. The molecule has 1 N–H and O–H groups in total. The van der Waals surface area contributed by atoms with Crippen LogP contribution in [-0.4, -0.2) is 23.9 Å². The Morgan fingerprint density at radius 3 is 2.53 bits per heavy atom. The molecule has 5 aliphatic rings. The molecule has 5 rings (SSSR count). The maximum absolute atomic E-state index is 10.0. The molecule has 2 nitrogen and oxygen atoms in total. The average molecular weight is 413 g/mol. The van der Waals surface area contributed by atoms with Crippen molar-refractivity contribution < 1.29 is 9.84 Å². The fourth-order valence-corrected chi connectivity index (χ4v) is 9.97. The summed E-state index contributed by atoms with van der Waals surface area (Å²) in [5, 5.41) is 10.0. The summed E-state index contributed by atoms with van der Waals surface area (Å²) in [6, 6.07) is 0. The molecule has 168 valence electrons. The van der Waals surface area contributed by atoms with Gasteiger partial charge in [0.15, 0.2) is 0 Å². The Kier molecular flexibility index (Phi) is 4.79. The number of hydrogen-bond acceptors (Lipinski definition) is 2. The highest BCUT2D eigenvalue weighted by Gasteiger charge is 2.77. The van der Waals surface area contributed by atoms with Crippen molar-refractivity contribution in [3.63, 3.8) is 0 Å². The highest BCUT2D eigenvalue weighted by atomic mass is 16.5. The van der Waals surface area contributed by atoms with Crippen molar-refractivity contribution in [2.45, 2.75) is 104 Å². The molecule has 5 fully saturated rings. The van der Waals surface area contributed by atoms with Crippen LogP contribution in [0.1, 0.15) is 92.4 Å². The minimum absolute atomic E-state index is 0.432. The Labute approximate surface area is 184 Å². The fraction of sp³-hybridized carbons (Fsp3) is 0.929. The summed E-state index contributed by atoms with van der Waals surface area (Å²) in [5.74, 6) is 11.6. The Hall–Kier alpha value is -0.520. The van der Waals surface area contributed by atoms with E-state index >= 15 is 0 Å². The van der Waals surface area contributed by atoms with Gasteiger partial charge in [-0.2, -0.15) is 0 Å². The molecule has 10 atom stereocenters. The molecule has 5 aliphatic carbocycles. The van der Waals surface area contributed by atoms with Gasteiger partial charge in [-0.05, 0) is 106 Å². The normalized spacial score (nSPS) is 52.4. The van der Waals surface area contributed by atoms with Crippen LogP contribution in [0.5, 0.6) is 0 Å². The second-order valence-electron chi connectivity index (χ2n) is 13.1. The van der Waals surface area contributed by atoms with Gasteiger partial charge in [0.1, 0.15) is 0 Å². The van der Waals surface area contributed by atoms with Gasteiger partial charge in [-0.1, -0.05) is 26.7 Å². The highest BCUT2D eigenvalue weighted by molar-refractivity contribution is 5.26. The second-order valence-corrected chi connectivity index (χ2v) is 13.1. The third-order valence-corrected chi connectivity index (χ3v) is 11.4. The van der Waals surface area contributed by atoms with E-state index in [1.807, 2.05) is 21.0 Å². The van der Waals surface area contributed by atoms with Crippen LogP contribution in [0.15, 0.2) is 0 Å². The third kappa shape index (κ3) is 2.76. The summed E-state index contributed by atoms with van der Waals surface area (Å²) in [7, 11) is 1.99. The maximum Gasteiger partial charge on any atom is 0.0700 e. The van der Waals surface area contributed by atoms with Gasteiger partial charge >= 0.3 is 0 Å². The fourth-order valence-electron chi connectivity index (χ4n) is 9.97. The lowest BCUT2D eigenvalue weighted by Gasteiger charge is -2.61. The number of aliphatic hydroxyl groups is 1. The first kappa shape index (κ1) is 21.3. The van der Waals surface area contributed by atoms with Gasteiger partial charge in [-0.25, -0.2) is 0 Å². The summed E-state index contributed by atoms with van der Waals surface area (Å²) >= 11 is 0. The van der Waals surface area contributed by atoms with Crippen molar-refractivity contribution in [3.8, 4) is 11.8 Å². The van der Waals surface area contributed by atoms with Crippen molar-refractivity contribution in [3.05, 3.63) is 0 Å². The number of rotatable bonds is 3. The molecule has 30 heavy (non-hydrogen) atoms. The molecular formula is C28H44O2. The van der Waals surface area contributed by atoms with Gasteiger partial charge in [0.25, 0.3) is 0 Å². The van der Waals surface area contributed by atoms with Crippen LogP contribution >= 0.6 is 0 Å². The summed E-state index contributed by atoms with van der Waals surface area (Å²) in [5.41, 5.74) is 0.811. The Morgan fingerprint density at radius 2 is 1.87 bits per heavy atom. The molecule has 0 saturated heterocycles. The zero-order chi connectivity index (χ0) is 21.5. The van der Waals surface area contributed by atoms with Crippen LogP contribution in [0.3, 0.4) is 0 Å². The van der Waals surface area contributed by atoms with Crippen LogP contribution in [0.4, 0.5) is 0 Å². The molecule has 0 aromatic rings. The minimum Gasteiger partial charge on any atom is -0.389 e. The zero-order valence-corrected chi connectivity index (χ0v) is 20.3. The van der Waals surface area contributed by atoms with Gasteiger partial charge in [-0.3, -0.25) is 0 Å². The van der Waals surface area contributed by atoms with Gasteiger partial charge in [-0.15, -0.1) is 5.92 Å². The zero-order valence-electron chi connectivity index (χ0n) is 20.3. The standard InChI is InChI=1S/C28H44O2/c1-18(8-7-13-25(2,3)29)21-9-10-22-20-16-24(30-6)28-17-19(28)11-15-27(28,5)23(20)12-14-26(21,22)4/h18-24,29H,9-17H2,1-6H3/t18-,19+,20+,21-,22+,23+,24-,26-,27-,28+/m1/s1. The van der Waals surface area contributed by atoms with E-state index in [2.05, 4.69) is 32.6 Å². The lowest BCUT2D eigenvalue weighted by Crippen LogP contribution is -2.57. The van der Waals surface area contributed by atoms with E-state index in [1.54, 1.807) is 0 Å². The van der Waals surface area contributed by atoms with Crippen LogP contribution in [0.25, 0.3) is 0 Å². The predicted molar refractivity (Wildman–Crippen MR) is 122 cm³/mol. The number of hydrogen-bond donors (Lipinski definition) is 1. The van der Waals surface area contributed by atoms with Crippen LogP contribution in [0.2, 0.25) is 0 Å². The molecule has 0 aromatic carbocycles. The van der Waals surface area contributed by atoms with Crippen molar-refractivity contribution in [1.29, 1.82) is 0 Å². The van der Waals surface area contributed by atoms with E-state index in [1.165, 1.54) is 51.4 Å². The molecule has 0 aromatic heterocycles. The molecule has 0 heterocycles. The molecule has 5 saturated carbocycles. The minimum atomic E-state index is -0.683. The summed E-state index contributed by atoms with van der Waals surface area (Å²) < 4.78 is 6.26. The van der Waals surface area contributed by atoms with Crippen LogP contribution < -0.4 is 0 Å². The van der Waals surface area contributed by atoms with Crippen molar-refractivity contribution in [2.75, 3.05) is 7.11 Å². The maximum atomic E-state index is 10.0. The molecule has 0 unspecified atom stereocenters. The van der Waals surface area contributed by atoms with E-state index in [4.69, 9.17) is 4.74 Å².